The lowest BCUT2D eigenvalue weighted by molar-refractivity contribution is 0.167. The van der Waals surface area contributed by atoms with Crippen molar-refractivity contribution in [3.63, 3.8) is 0 Å². The Kier molecular flexibility index (Phi) is 4.33. The van der Waals surface area contributed by atoms with E-state index < -0.39 is 6.09 Å². The molecule has 1 aliphatic rings. The topological polar surface area (TPSA) is 67.6 Å². The van der Waals surface area contributed by atoms with Crippen LogP contribution < -0.4 is 16.0 Å². The number of anilines is 2. The molecule has 1 fully saturated rings. The number of nitrogens with one attached hydrogen (secondary N) is 1. The summed E-state index contributed by atoms with van der Waals surface area (Å²) in [5, 5.41) is 2.73. The van der Waals surface area contributed by atoms with Crippen LogP contribution in [-0.4, -0.2) is 32.3 Å². The zero-order valence-corrected chi connectivity index (χ0v) is 12.6. The summed E-state index contributed by atoms with van der Waals surface area (Å²) in [7, 11) is 1.33. The Morgan fingerprint density at radius 3 is 3.05 bits per heavy atom. The number of rotatable bonds is 2. The van der Waals surface area contributed by atoms with E-state index in [1.807, 2.05) is 27.5 Å². The van der Waals surface area contributed by atoms with Gasteiger partial charge in [0.15, 0.2) is 0 Å². The van der Waals surface area contributed by atoms with Crippen LogP contribution in [0, 0.1) is 9.39 Å². The number of benzene rings is 1. The number of hydrogen-bond acceptors (Lipinski definition) is 4. The van der Waals surface area contributed by atoms with Crippen LogP contribution >= 0.6 is 22.6 Å². The molecule has 1 amide bonds. The lowest BCUT2D eigenvalue weighted by atomic mass is 10.2. The standard InChI is InChI=1S/C12H15FIN3O2/c1-19-12(18)16-7-2-3-17(6-7)11-4-8(13)9(14)5-10(11)15/h4-5,7H,2-3,6,15H2,1H3,(H,16,18). The molecule has 7 heteroatoms. The Morgan fingerprint density at radius 2 is 2.37 bits per heavy atom. The maximum absolute atomic E-state index is 13.6. The zero-order chi connectivity index (χ0) is 14.0. The van der Waals surface area contributed by atoms with Crippen molar-refractivity contribution in [2.45, 2.75) is 12.5 Å². The van der Waals surface area contributed by atoms with Crippen molar-refractivity contribution in [3.05, 3.63) is 21.5 Å². The molecule has 1 unspecified atom stereocenters. The van der Waals surface area contributed by atoms with Crippen molar-refractivity contribution in [3.8, 4) is 0 Å². The first-order valence-corrected chi connectivity index (χ1v) is 6.93. The summed E-state index contributed by atoms with van der Waals surface area (Å²) in [4.78, 5) is 13.1. The van der Waals surface area contributed by atoms with Gasteiger partial charge in [0.05, 0.1) is 28.1 Å². The maximum Gasteiger partial charge on any atom is 0.407 e. The predicted octanol–water partition coefficient (Wildman–Crippen LogP) is 1.95. The van der Waals surface area contributed by atoms with E-state index in [4.69, 9.17) is 5.73 Å². The number of methoxy groups -OCH3 is 1. The van der Waals surface area contributed by atoms with Crippen LogP contribution in [0.2, 0.25) is 0 Å². The number of nitrogens with two attached hydrogens (primary N) is 1. The summed E-state index contributed by atoms with van der Waals surface area (Å²) < 4.78 is 18.7. The number of hydrogen-bond donors (Lipinski definition) is 2. The fourth-order valence-corrected chi connectivity index (χ4v) is 2.64. The molecule has 1 aromatic rings. The third-order valence-corrected chi connectivity index (χ3v) is 3.93. The van der Waals surface area contributed by atoms with Gasteiger partial charge in [-0.25, -0.2) is 9.18 Å². The van der Waals surface area contributed by atoms with Crippen molar-refractivity contribution in [2.24, 2.45) is 0 Å². The average molecular weight is 379 g/mol. The summed E-state index contributed by atoms with van der Waals surface area (Å²) in [6.45, 7) is 1.32. The minimum atomic E-state index is -0.450. The van der Waals surface area contributed by atoms with Gasteiger partial charge in [-0.15, -0.1) is 0 Å². The lowest BCUT2D eigenvalue weighted by Crippen LogP contribution is -2.37. The summed E-state index contributed by atoms with van der Waals surface area (Å²) >= 11 is 1.91. The quantitative estimate of drug-likeness (QED) is 0.609. The molecule has 0 aliphatic carbocycles. The maximum atomic E-state index is 13.6. The molecular formula is C12H15FIN3O2. The molecule has 5 nitrogen and oxygen atoms in total. The van der Waals surface area contributed by atoms with Gasteiger partial charge in [0.2, 0.25) is 0 Å². The highest BCUT2D eigenvalue weighted by Crippen LogP contribution is 2.30. The molecule has 1 saturated heterocycles. The van der Waals surface area contributed by atoms with Gasteiger partial charge in [0, 0.05) is 19.2 Å². The number of ether oxygens (including phenoxy) is 1. The Bertz CT molecular complexity index is 498. The fourth-order valence-electron chi connectivity index (χ4n) is 2.15. The number of nitrogens with zero attached hydrogens (tertiary/aromatic N) is 1. The summed E-state index contributed by atoms with van der Waals surface area (Å²) in [5.74, 6) is -0.283. The third kappa shape index (κ3) is 3.20. The largest absolute Gasteiger partial charge is 0.453 e. The molecule has 1 aromatic carbocycles. The van der Waals surface area contributed by atoms with Gasteiger partial charge in [-0.1, -0.05) is 0 Å². The molecule has 104 valence electrons. The van der Waals surface area contributed by atoms with Crippen molar-refractivity contribution in [1.29, 1.82) is 0 Å². The van der Waals surface area contributed by atoms with Gasteiger partial charge in [0.25, 0.3) is 0 Å². The van der Waals surface area contributed by atoms with Crippen LogP contribution in [-0.2, 0) is 4.74 Å². The van der Waals surface area contributed by atoms with Gasteiger partial charge in [-0.05, 0) is 35.1 Å². The van der Waals surface area contributed by atoms with Crippen molar-refractivity contribution >= 4 is 40.1 Å². The first-order chi connectivity index (χ1) is 9.01. The predicted molar refractivity (Wildman–Crippen MR) is 79.7 cm³/mol. The highest BCUT2D eigenvalue weighted by atomic mass is 127. The Hall–Kier alpha value is -1.25. The van der Waals surface area contributed by atoms with E-state index in [1.54, 1.807) is 6.07 Å². The Balaban J connectivity index is 2.08. The Labute approximate surface area is 124 Å². The molecule has 0 radical (unpaired) electrons. The van der Waals surface area contributed by atoms with Gasteiger partial charge < -0.3 is 20.7 Å². The normalized spacial score (nSPS) is 18.5. The summed E-state index contributed by atoms with van der Waals surface area (Å²) in [5.41, 5.74) is 7.14. The number of amides is 1. The fraction of sp³-hybridized carbons (Fsp3) is 0.417. The van der Waals surface area contributed by atoms with E-state index >= 15 is 0 Å². The van der Waals surface area contributed by atoms with Gasteiger partial charge in [0.1, 0.15) is 5.82 Å². The monoisotopic (exact) mass is 379 g/mol. The summed E-state index contributed by atoms with van der Waals surface area (Å²) in [6, 6.07) is 3.05. The average Bonchev–Trinajstić information content (AvgIpc) is 2.82. The second-order valence-corrected chi connectivity index (χ2v) is 5.55. The van der Waals surface area contributed by atoms with Crippen molar-refractivity contribution in [2.75, 3.05) is 30.8 Å². The van der Waals surface area contributed by atoms with E-state index in [0.29, 0.717) is 21.5 Å². The first kappa shape index (κ1) is 14.2. The van der Waals surface area contributed by atoms with E-state index in [-0.39, 0.29) is 11.9 Å². The van der Waals surface area contributed by atoms with E-state index in [2.05, 4.69) is 10.1 Å². The molecule has 0 aromatic heterocycles. The smallest absolute Gasteiger partial charge is 0.407 e. The van der Waals surface area contributed by atoms with Crippen LogP contribution in [0.1, 0.15) is 6.42 Å². The van der Waals surface area contributed by atoms with E-state index in [1.165, 1.54) is 13.2 Å². The molecule has 2 rings (SSSR count). The molecule has 1 atom stereocenters. The van der Waals surface area contributed by atoms with Crippen LogP contribution in [0.5, 0.6) is 0 Å². The van der Waals surface area contributed by atoms with E-state index in [9.17, 15) is 9.18 Å². The van der Waals surface area contributed by atoms with Crippen molar-refractivity contribution in [1.82, 2.24) is 5.32 Å². The summed E-state index contributed by atoms with van der Waals surface area (Å²) in [6.07, 6.45) is 0.330. The molecule has 1 aliphatic heterocycles. The highest BCUT2D eigenvalue weighted by Gasteiger charge is 2.26. The Morgan fingerprint density at radius 1 is 1.63 bits per heavy atom. The molecule has 3 N–H and O–H groups in total. The van der Waals surface area contributed by atoms with Crippen LogP contribution in [0.15, 0.2) is 12.1 Å². The minimum Gasteiger partial charge on any atom is -0.453 e. The molecule has 19 heavy (non-hydrogen) atoms. The number of carbonyl (C=O) groups is 1. The molecular weight excluding hydrogens is 364 g/mol. The van der Waals surface area contributed by atoms with Crippen molar-refractivity contribution < 1.29 is 13.9 Å². The van der Waals surface area contributed by atoms with E-state index in [0.717, 1.165) is 13.0 Å². The van der Waals surface area contributed by atoms with Crippen LogP contribution in [0.4, 0.5) is 20.6 Å². The third-order valence-electron chi connectivity index (χ3n) is 3.11. The molecule has 0 saturated carbocycles. The SMILES string of the molecule is COC(=O)NC1CCN(c2cc(F)c(I)cc2N)C1. The molecule has 1 heterocycles. The number of halogens is 2. The first-order valence-electron chi connectivity index (χ1n) is 5.85. The second-order valence-electron chi connectivity index (χ2n) is 4.39. The molecule has 0 bridgehead atoms. The van der Waals surface area contributed by atoms with Crippen LogP contribution in [0.25, 0.3) is 0 Å². The van der Waals surface area contributed by atoms with Gasteiger partial charge >= 0.3 is 6.09 Å². The lowest BCUT2D eigenvalue weighted by Gasteiger charge is -2.21. The second kappa shape index (κ2) is 5.81. The molecule has 0 spiro atoms. The van der Waals surface area contributed by atoms with Gasteiger partial charge in [-0.3, -0.25) is 0 Å². The highest BCUT2D eigenvalue weighted by molar-refractivity contribution is 14.1. The van der Waals surface area contributed by atoms with Crippen LogP contribution in [0.3, 0.4) is 0 Å². The zero-order valence-electron chi connectivity index (χ0n) is 10.5. The number of nitrogen functional groups attached to an aromatic ring is 1. The number of alkyl carbamates (subject to hydrolysis) is 1. The number of carbonyl (C=O) groups excluding carboxylic acids is 1. The van der Waals surface area contributed by atoms with Gasteiger partial charge in [-0.2, -0.15) is 0 Å². The minimum absolute atomic E-state index is 0.00538.